The first-order valence-electron chi connectivity index (χ1n) is 5.04. The van der Waals surface area contributed by atoms with E-state index in [1.165, 1.54) is 11.1 Å². The summed E-state index contributed by atoms with van der Waals surface area (Å²) in [6.45, 7) is 1.04. The number of nitrogens with zero attached hydrogens (tertiary/aromatic N) is 1. The Hall–Kier alpha value is -1.49. The molecule has 0 aliphatic carbocycles. The first-order chi connectivity index (χ1) is 7.66. The van der Waals surface area contributed by atoms with Crippen LogP contribution in [0.4, 0.5) is 8.78 Å². The fourth-order valence-electron chi connectivity index (χ4n) is 1.56. The number of rotatable bonds is 2. The fraction of sp³-hybridized carbons (Fsp3) is 0.364. The van der Waals surface area contributed by atoms with Gasteiger partial charge in [0.05, 0.1) is 19.6 Å². The molecular formula is C11H11F2NO2. The smallest absolute Gasteiger partial charge is 0.250 e. The van der Waals surface area contributed by atoms with Crippen LogP contribution in [0.1, 0.15) is 12.0 Å². The highest BCUT2D eigenvalue weighted by Crippen LogP contribution is 2.13. The second-order valence-electron chi connectivity index (χ2n) is 3.60. The molecular weight excluding hydrogens is 216 g/mol. The van der Waals surface area contributed by atoms with Crippen molar-refractivity contribution in [2.24, 2.45) is 0 Å². The van der Waals surface area contributed by atoms with Crippen LogP contribution in [0.2, 0.25) is 0 Å². The maximum Gasteiger partial charge on any atom is 0.250 e. The maximum absolute atomic E-state index is 13.2. The van der Waals surface area contributed by atoms with Gasteiger partial charge >= 0.3 is 0 Å². The van der Waals surface area contributed by atoms with Crippen molar-refractivity contribution in [3.63, 3.8) is 0 Å². The summed E-state index contributed by atoms with van der Waals surface area (Å²) in [5.74, 6) is -1.65. The van der Waals surface area contributed by atoms with Gasteiger partial charge in [-0.05, 0) is 18.1 Å². The van der Waals surface area contributed by atoms with Gasteiger partial charge in [0.2, 0.25) is 0 Å². The van der Waals surface area contributed by atoms with Crippen molar-refractivity contribution >= 4 is 5.91 Å². The molecule has 0 bridgehead atoms. The summed E-state index contributed by atoms with van der Waals surface area (Å²) in [5.41, 5.74) is 0.182. The molecule has 0 unspecified atom stereocenters. The molecule has 0 spiro atoms. The molecule has 0 radical (unpaired) electrons. The molecule has 1 aliphatic rings. The number of carbonyl (C=O) groups is 1. The topological polar surface area (TPSA) is 29.5 Å². The lowest BCUT2D eigenvalue weighted by Crippen LogP contribution is -2.28. The summed E-state index contributed by atoms with van der Waals surface area (Å²) in [6, 6.07) is 3.18. The van der Waals surface area contributed by atoms with E-state index in [2.05, 4.69) is 0 Å². The Morgan fingerprint density at radius 1 is 1.44 bits per heavy atom. The minimum absolute atomic E-state index is 0.105. The van der Waals surface area contributed by atoms with E-state index in [4.69, 9.17) is 4.84 Å². The van der Waals surface area contributed by atoms with E-state index in [1.54, 1.807) is 0 Å². The van der Waals surface area contributed by atoms with Crippen molar-refractivity contribution in [2.75, 3.05) is 13.2 Å². The molecule has 1 heterocycles. The van der Waals surface area contributed by atoms with Crippen LogP contribution in [0.15, 0.2) is 18.2 Å². The van der Waals surface area contributed by atoms with Gasteiger partial charge in [-0.3, -0.25) is 9.63 Å². The lowest BCUT2D eigenvalue weighted by molar-refractivity contribution is -0.167. The van der Waals surface area contributed by atoms with Crippen LogP contribution < -0.4 is 0 Å². The quantitative estimate of drug-likeness (QED) is 0.769. The van der Waals surface area contributed by atoms with Crippen LogP contribution in [0.3, 0.4) is 0 Å². The molecule has 1 aromatic rings. The molecule has 5 heteroatoms. The van der Waals surface area contributed by atoms with Gasteiger partial charge in [0, 0.05) is 6.07 Å². The highest BCUT2D eigenvalue weighted by molar-refractivity contribution is 5.77. The van der Waals surface area contributed by atoms with Crippen molar-refractivity contribution < 1.29 is 18.4 Å². The average Bonchev–Trinajstić information content (AvgIpc) is 2.75. The lowest BCUT2D eigenvalue weighted by atomic mass is 10.1. The molecule has 86 valence electrons. The zero-order valence-corrected chi connectivity index (χ0v) is 8.58. The van der Waals surface area contributed by atoms with Crippen LogP contribution in [-0.4, -0.2) is 24.1 Å². The second kappa shape index (κ2) is 4.57. The van der Waals surface area contributed by atoms with Crippen molar-refractivity contribution in [3.8, 4) is 0 Å². The third kappa shape index (κ3) is 2.36. The molecule has 16 heavy (non-hydrogen) atoms. The number of carbonyl (C=O) groups excluding carboxylic acids is 1. The van der Waals surface area contributed by atoms with Crippen molar-refractivity contribution in [1.29, 1.82) is 0 Å². The third-order valence-electron chi connectivity index (χ3n) is 2.39. The molecule has 0 atom stereocenters. The van der Waals surface area contributed by atoms with Gasteiger partial charge in [0.25, 0.3) is 5.91 Å². The van der Waals surface area contributed by atoms with Gasteiger partial charge in [0.15, 0.2) is 0 Å². The highest BCUT2D eigenvalue weighted by Gasteiger charge is 2.20. The second-order valence-corrected chi connectivity index (χ2v) is 3.60. The molecule has 0 N–H and O–H groups in total. The highest BCUT2D eigenvalue weighted by atomic mass is 19.1. The van der Waals surface area contributed by atoms with E-state index in [0.29, 0.717) is 13.2 Å². The summed E-state index contributed by atoms with van der Waals surface area (Å²) in [4.78, 5) is 16.6. The third-order valence-corrected chi connectivity index (χ3v) is 2.39. The minimum Gasteiger partial charge on any atom is -0.272 e. The Morgan fingerprint density at radius 2 is 2.25 bits per heavy atom. The molecule has 1 aliphatic heterocycles. The molecule has 1 fully saturated rings. The number of hydrogen-bond acceptors (Lipinski definition) is 2. The zero-order chi connectivity index (χ0) is 11.5. The number of hydroxylamine groups is 2. The van der Waals surface area contributed by atoms with E-state index in [1.807, 2.05) is 0 Å². The van der Waals surface area contributed by atoms with Crippen molar-refractivity contribution in [1.82, 2.24) is 5.06 Å². The minimum atomic E-state index is -0.701. The molecule has 2 rings (SSSR count). The number of hydrogen-bond donors (Lipinski definition) is 0. The van der Waals surface area contributed by atoms with Crippen LogP contribution in [-0.2, 0) is 16.1 Å². The molecule has 1 amide bonds. The fourth-order valence-corrected chi connectivity index (χ4v) is 1.56. The SMILES string of the molecule is O=C(Cc1ccc(F)cc1F)N1CCCO1. The summed E-state index contributed by atoms with van der Waals surface area (Å²) in [5, 5.41) is 1.22. The summed E-state index contributed by atoms with van der Waals surface area (Å²) in [6.07, 6.45) is 0.684. The Bertz CT molecular complexity index is 403. The Balaban J connectivity index is 2.05. The van der Waals surface area contributed by atoms with E-state index in [0.717, 1.165) is 18.6 Å². The van der Waals surface area contributed by atoms with Crippen LogP contribution >= 0.6 is 0 Å². The Kier molecular flexibility index (Phi) is 3.14. The first-order valence-corrected chi connectivity index (χ1v) is 5.04. The van der Waals surface area contributed by atoms with E-state index in [-0.39, 0.29) is 17.9 Å². The van der Waals surface area contributed by atoms with Gasteiger partial charge < -0.3 is 0 Å². The summed E-state index contributed by atoms with van der Waals surface area (Å²) < 4.78 is 25.9. The number of benzene rings is 1. The average molecular weight is 227 g/mol. The molecule has 0 saturated carbocycles. The summed E-state index contributed by atoms with van der Waals surface area (Å²) >= 11 is 0. The standard InChI is InChI=1S/C11H11F2NO2/c12-9-3-2-8(10(13)7-9)6-11(15)14-4-1-5-16-14/h2-3,7H,1,4-6H2. The largest absolute Gasteiger partial charge is 0.272 e. The predicted molar refractivity (Wildman–Crippen MR) is 52.3 cm³/mol. The lowest BCUT2D eigenvalue weighted by Gasteiger charge is -2.13. The van der Waals surface area contributed by atoms with Gasteiger partial charge in [-0.15, -0.1) is 0 Å². The van der Waals surface area contributed by atoms with E-state index < -0.39 is 11.6 Å². The van der Waals surface area contributed by atoms with Gasteiger partial charge in [-0.1, -0.05) is 6.07 Å². The number of amides is 1. The predicted octanol–water partition coefficient (Wildman–Crippen LogP) is 1.67. The zero-order valence-electron chi connectivity index (χ0n) is 8.58. The Labute approximate surface area is 91.6 Å². The number of halogens is 2. The van der Waals surface area contributed by atoms with Crippen LogP contribution in [0, 0.1) is 11.6 Å². The first kappa shape index (κ1) is 11.0. The molecule has 1 aromatic carbocycles. The Morgan fingerprint density at radius 3 is 2.88 bits per heavy atom. The van der Waals surface area contributed by atoms with E-state index >= 15 is 0 Å². The van der Waals surface area contributed by atoms with Crippen molar-refractivity contribution in [2.45, 2.75) is 12.8 Å². The molecule has 3 nitrogen and oxygen atoms in total. The van der Waals surface area contributed by atoms with Gasteiger partial charge in [0.1, 0.15) is 11.6 Å². The molecule has 1 saturated heterocycles. The monoisotopic (exact) mass is 227 g/mol. The normalized spacial score (nSPS) is 15.5. The van der Waals surface area contributed by atoms with E-state index in [9.17, 15) is 13.6 Å². The van der Waals surface area contributed by atoms with Gasteiger partial charge in [-0.25, -0.2) is 13.8 Å². The van der Waals surface area contributed by atoms with Crippen LogP contribution in [0.5, 0.6) is 0 Å². The van der Waals surface area contributed by atoms with Crippen molar-refractivity contribution in [3.05, 3.63) is 35.4 Å². The van der Waals surface area contributed by atoms with Crippen LogP contribution in [0.25, 0.3) is 0 Å². The summed E-state index contributed by atoms with van der Waals surface area (Å²) in [7, 11) is 0. The van der Waals surface area contributed by atoms with Gasteiger partial charge in [-0.2, -0.15) is 0 Å². The molecule has 0 aromatic heterocycles. The maximum atomic E-state index is 13.2.